The number of aliphatic hydroxyl groups excluding tert-OH is 1. The fourth-order valence-corrected chi connectivity index (χ4v) is 3.49. The van der Waals surface area contributed by atoms with E-state index in [0.29, 0.717) is 30.0 Å². The highest BCUT2D eigenvalue weighted by molar-refractivity contribution is 6.07. The van der Waals surface area contributed by atoms with E-state index >= 15 is 0 Å². The zero-order valence-electron chi connectivity index (χ0n) is 15.6. The predicted molar refractivity (Wildman–Crippen MR) is 105 cm³/mol. The maximum atomic E-state index is 13.3. The van der Waals surface area contributed by atoms with Gasteiger partial charge in [0.1, 0.15) is 5.75 Å². The summed E-state index contributed by atoms with van der Waals surface area (Å²) >= 11 is 0. The van der Waals surface area contributed by atoms with Gasteiger partial charge in [0.15, 0.2) is 5.60 Å². The lowest BCUT2D eigenvalue weighted by Crippen LogP contribution is -2.44. The summed E-state index contributed by atoms with van der Waals surface area (Å²) in [5.41, 5.74) is 0.545. The second-order valence-corrected chi connectivity index (χ2v) is 6.76. The van der Waals surface area contributed by atoms with Gasteiger partial charge >= 0.3 is 0 Å². The molecule has 0 radical (unpaired) electrons. The standard InChI is InChI=1S/C22H25NO4/c1-16(8-6-7-13-24)22(26)19-14-18(27-2)11-12-20(19)23(21(22)25)15-17-9-4-3-5-10-17/h3-6,8-12,14,16,24,26H,7,13,15H2,1-2H3/b8-6+/t16-,22+/m1/s1. The van der Waals surface area contributed by atoms with Gasteiger partial charge < -0.3 is 19.8 Å². The third kappa shape index (κ3) is 3.48. The molecule has 2 aromatic carbocycles. The summed E-state index contributed by atoms with van der Waals surface area (Å²) in [4.78, 5) is 14.9. The number of methoxy groups -OCH3 is 1. The van der Waals surface area contributed by atoms with Crippen molar-refractivity contribution in [3.63, 3.8) is 0 Å². The van der Waals surface area contributed by atoms with Gasteiger partial charge in [0.2, 0.25) is 0 Å². The number of rotatable bonds is 7. The summed E-state index contributed by atoms with van der Waals surface area (Å²) in [7, 11) is 1.56. The molecule has 142 valence electrons. The van der Waals surface area contributed by atoms with E-state index in [4.69, 9.17) is 9.84 Å². The molecule has 0 saturated heterocycles. The third-order valence-electron chi connectivity index (χ3n) is 5.04. The number of amides is 1. The van der Waals surface area contributed by atoms with Gasteiger partial charge in [-0.3, -0.25) is 4.79 Å². The first kappa shape index (κ1) is 19.1. The van der Waals surface area contributed by atoms with Gasteiger partial charge in [-0.1, -0.05) is 49.4 Å². The fourth-order valence-electron chi connectivity index (χ4n) is 3.49. The summed E-state index contributed by atoms with van der Waals surface area (Å²) in [6, 6.07) is 15.0. The minimum atomic E-state index is -1.68. The normalized spacial score (nSPS) is 20.1. The van der Waals surface area contributed by atoms with Crippen molar-refractivity contribution in [2.45, 2.75) is 25.5 Å². The number of nitrogens with zero attached hydrogens (tertiary/aromatic N) is 1. The largest absolute Gasteiger partial charge is 0.497 e. The molecule has 1 aliphatic rings. The molecule has 0 saturated carbocycles. The fraction of sp³-hybridized carbons (Fsp3) is 0.318. The molecular weight excluding hydrogens is 342 g/mol. The molecule has 1 amide bonds. The van der Waals surface area contributed by atoms with Crippen molar-refractivity contribution in [1.29, 1.82) is 0 Å². The van der Waals surface area contributed by atoms with Crippen LogP contribution < -0.4 is 9.64 Å². The predicted octanol–water partition coefficient (Wildman–Crippen LogP) is 3.00. The Morgan fingerprint density at radius 3 is 2.63 bits per heavy atom. The number of benzene rings is 2. The van der Waals surface area contributed by atoms with E-state index in [1.807, 2.05) is 36.4 Å². The molecule has 2 N–H and O–H groups in total. The highest BCUT2D eigenvalue weighted by Gasteiger charge is 2.52. The monoisotopic (exact) mass is 367 g/mol. The second kappa shape index (κ2) is 7.94. The minimum Gasteiger partial charge on any atom is -0.497 e. The number of carbonyl (C=O) groups is 1. The van der Waals surface area contributed by atoms with Crippen molar-refractivity contribution < 1.29 is 19.7 Å². The molecule has 1 heterocycles. The topological polar surface area (TPSA) is 70.0 Å². The van der Waals surface area contributed by atoms with Crippen LogP contribution >= 0.6 is 0 Å². The lowest BCUT2D eigenvalue weighted by Gasteiger charge is -2.27. The second-order valence-electron chi connectivity index (χ2n) is 6.76. The number of anilines is 1. The van der Waals surface area contributed by atoms with Gasteiger partial charge in [0, 0.05) is 18.1 Å². The molecule has 27 heavy (non-hydrogen) atoms. The number of ether oxygens (including phenoxy) is 1. The smallest absolute Gasteiger partial charge is 0.264 e. The van der Waals surface area contributed by atoms with Gasteiger partial charge in [0.05, 0.1) is 19.3 Å². The molecule has 5 nitrogen and oxygen atoms in total. The van der Waals surface area contributed by atoms with Crippen molar-refractivity contribution in [3.05, 3.63) is 71.8 Å². The Bertz CT molecular complexity index is 833. The number of carbonyl (C=O) groups excluding carboxylic acids is 1. The molecule has 2 aromatic rings. The average Bonchev–Trinajstić information content (AvgIpc) is 2.91. The van der Waals surface area contributed by atoms with Gasteiger partial charge in [-0.05, 0) is 30.2 Å². The van der Waals surface area contributed by atoms with Crippen LogP contribution in [-0.2, 0) is 16.9 Å². The highest BCUT2D eigenvalue weighted by atomic mass is 16.5. The van der Waals surface area contributed by atoms with Crippen LogP contribution in [0.3, 0.4) is 0 Å². The minimum absolute atomic E-state index is 0.0279. The Morgan fingerprint density at radius 2 is 1.96 bits per heavy atom. The van der Waals surface area contributed by atoms with Crippen molar-refractivity contribution in [2.24, 2.45) is 5.92 Å². The lowest BCUT2D eigenvalue weighted by molar-refractivity contribution is -0.139. The number of hydrogen-bond donors (Lipinski definition) is 2. The van der Waals surface area contributed by atoms with Gasteiger partial charge in [-0.15, -0.1) is 0 Å². The van der Waals surface area contributed by atoms with Crippen LogP contribution in [0.15, 0.2) is 60.7 Å². The first-order valence-electron chi connectivity index (χ1n) is 9.06. The molecule has 2 atom stereocenters. The first-order valence-corrected chi connectivity index (χ1v) is 9.06. The molecule has 0 aromatic heterocycles. The van der Waals surface area contributed by atoms with Gasteiger partial charge in [-0.25, -0.2) is 0 Å². The van der Waals surface area contributed by atoms with Gasteiger partial charge in [0.25, 0.3) is 5.91 Å². The summed E-state index contributed by atoms with van der Waals surface area (Å²) in [6.45, 7) is 2.22. The number of hydrogen-bond acceptors (Lipinski definition) is 4. The van der Waals surface area contributed by atoms with E-state index < -0.39 is 11.5 Å². The molecule has 0 unspecified atom stereocenters. The zero-order chi connectivity index (χ0) is 19.4. The number of fused-ring (bicyclic) bond motifs is 1. The van der Waals surface area contributed by atoms with Crippen LogP contribution in [0.2, 0.25) is 0 Å². The Balaban J connectivity index is 2.03. The van der Waals surface area contributed by atoms with Crippen LogP contribution in [-0.4, -0.2) is 29.8 Å². The molecule has 0 spiro atoms. The first-order chi connectivity index (χ1) is 13.0. The van der Waals surface area contributed by atoms with Crippen LogP contribution in [0, 0.1) is 5.92 Å². The summed E-state index contributed by atoms with van der Waals surface area (Å²) in [5.74, 6) is -0.216. The zero-order valence-corrected chi connectivity index (χ0v) is 15.6. The summed E-state index contributed by atoms with van der Waals surface area (Å²) in [5, 5.41) is 20.5. The SMILES string of the molecule is COc1ccc2c(c1)[C@@](O)([C@H](C)/C=C/CCO)C(=O)N2Cc1ccccc1. The van der Waals surface area contributed by atoms with Crippen LogP contribution in [0.25, 0.3) is 0 Å². The lowest BCUT2D eigenvalue weighted by atomic mass is 9.83. The Hall–Kier alpha value is -2.63. The van der Waals surface area contributed by atoms with Gasteiger partial charge in [-0.2, -0.15) is 0 Å². The number of aliphatic hydroxyl groups is 2. The molecule has 0 bridgehead atoms. The molecular formula is C22H25NO4. The quantitative estimate of drug-likeness (QED) is 0.738. The molecule has 5 heteroatoms. The Kier molecular flexibility index (Phi) is 5.63. The average molecular weight is 367 g/mol. The van der Waals surface area contributed by atoms with Crippen molar-refractivity contribution in [3.8, 4) is 5.75 Å². The van der Waals surface area contributed by atoms with E-state index in [1.54, 1.807) is 43.2 Å². The maximum absolute atomic E-state index is 13.3. The van der Waals surface area contributed by atoms with Crippen molar-refractivity contribution in [1.82, 2.24) is 0 Å². The summed E-state index contributed by atoms with van der Waals surface area (Å²) < 4.78 is 5.31. The summed E-state index contributed by atoms with van der Waals surface area (Å²) in [6.07, 6.45) is 4.05. The molecule has 3 rings (SSSR count). The maximum Gasteiger partial charge on any atom is 0.264 e. The Labute approximate surface area is 159 Å². The highest BCUT2D eigenvalue weighted by Crippen LogP contribution is 2.47. The van der Waals surface area contributed by atoms with Crippen molar-refractivity contribution in [2.75, 3.05) is 18.6 Å². The molecule has 0 fully saturated rings. The van der Waals surface area contributed by atoms with Crippen LogP contribution in [0.1, 0.15) is 24.5 Å². The van der Waals surface area contributed by atoms with E-state index in [2.05, 4.69) is 0 Å². The third-order valence-corrected chi connectivity index (χ3v) is 5.04. The van der Waals surface area contributed by atoms with E-state index in [1.165, 1.54) is 0 Å². The van der Waals surface area contributed by atoms with Crippen LogP contribution in [0.5, 0.6) is 5.75 Å². The Morgan fingerprint density at radius 1 is 1.22 bits per heavy atom. The van der Waals surface area contributed by atoms with E-state index in [9.17, 15) is 9.90 Å². The van der Waals surface area contributed by atoms with E-state index in [-0.39, 0.29) is 12.5 Å². The van der Waals surface area contributed by atoms with E-state index in [0.717, 1.165) is 5.56 Å². The molecule has 0 aliphatic carbocycles. The van der Waals surface area contributed by atoms with Crippen LogP contribution in [0.4, 0.5) is 5.69 Å². The van der Waals surface area contributed by atoms with Crippen molar-refractivity contribution >= 4 is 11.6 Å². The molecule has 1 aliphatic heterocycles.